The molecule has 0 aromatic rings. The zero-order valence-corrected chi connectivity index (χ0v) is 13.6. The lowest BCUT2D eigenvalue weighted by atomic mass is 10.5. The summed E-state index contributed by atoms with van der Waals surface area (Å²) < 4.78 is 25.7. The molecule has 0 saturated heterocycles. The number of hydrogen-bond acceptors (Lipinski definition) is 7. The van der Waals surface area contributed by atoms with E-state index in [-0.39, 0.29) is 30.1 Å². The molecule has 1 amide bonds. The molecule has 0 aliphatic carbocycles. The van der Waals surface area contributed by atoms with Crippen molar-refractivity contribution >= 4 is 30.8 Å². The first-order valence-electron chi connectivity index (χ1n) is 5.96. The van der Waals surface area contributed by atoms with Gasteiger partial charge in [0.25, 0.3) is 0 Å². The Bertz CT molecular complexity index is 377. The van der Waals surface area contributed by atoms with Crippen molar-refractivity contribution in [2.75, 3.05) is 18.9 Å². The molecule has 0 bridgehead atoms. The highest BCUT2D eigenvalue weighted by Crippen LogP contribution is 2.44. The molecule has 0 radical (unpaired) electrons. The second-order valence-electron chi connectivity index (χ2n) is 3.85. The molecule has 0 aromatic heterocycles. The number of nitrogens with zero attached hydrogens (tertiary/aromatic N) is 1. The Labute approximate surface area is 122 Å². The Morgan fingerprint density at radius 1 is 1.40 bits per heavy atom. The number of rotatable bonds is 8. The third kappa shape index (κ3) is 9.33. The number of thioether (sulfide) groups is 1. The first-order valence-corrected chi connectivity index (χ1v) is 8.44. The number of hydrogen-bond donors (Lipinski definition) is 1. The van der Waals surface area contributed by atoms with Crippen molar-refractivity contribution in [2.45, 2.75) is 33.8 Å². The monoisotopic (exact) mass is 329 g/mol. The molecule has 0 heterocycles. The molecule has 0 aromatic carbocycles. The average molecular weight is 329 g/mol. The molecule has 8 nitrogen and oxygen atoms in total. The summed E-state index contributed by atoms with van der Waals surface area (Å²) in [6, 6.07) is 0. The summed E-state index contributed by atoms with van der Waals surface area (Å²) in [4.78, 5) is 31.6. The minimum Gasteiger partial charge on any atom is -0.445 e. The van der Waals surface area contributed by atoms with Gasteiger partial charge in [0.1, 0.15) is 0 Å². The lowest BCUT2D eigenvalue weighted by Crippen LogP contribution is -2.32. The van der Waals surface area contributed by atoms with Gasteiger partial charge < -0.3 is 9.63 Å². The quantitative estimate of drug-likeness (QED) is 0.411. The first-order chi connectivity index (χ1) is 9.18. The van der Waals surface area contributed by atoms with Crippen molar-refractivity contribution < 1.29 is 32.9 Å². The standard InChI is InChI=1S/C10H20NO7PS/c1-5-11(10(13)17-8(2)3)18-19(14,15)16-6-7-20-9(4)12/h8H,5-7H2,1-4H3,(H,14,15). The maximum atomic E-state index is 11.6. The third-order valence-electron chi connectivity index (χ3n) is 1.67. The van der Waals surface area contributed by atoms with E-state index in [4.69, 9.17) is 4.74 Å². The number of phosphoric acid groups is 1. The van der Waals surface area contributed by atoms with E-state index in [0.29, 0.717) is 5.06 Å². The summed E-state index contributed by atoms with van der Waals surface area (Å²) in [7, 11) is -4.42. The Morgan fingerprint density at radius 3 is 2.45 bits per heavy atom. The molecule has 1 unspecified atom stereocenters. The average Bonchev–Trinajstić information content (AvgIpc) is 2.30. The van der Waals surface area contributed by atoms with Gasteiger partial charge in [-0.3, -0.25) is 9.32 Å². The van der Waals surface area contributed by atoms with Crippen LogP contribution in [0, 0.1) is 0 Å². The molecular weight excluding hydrogens is 309 g/mol. The molecule has 20 heavy (non-hydrogen) atoms. The van der Waals surface area contributed by atoms with Gasteiger partial charge in [-0.05, 0) is 20.8 Å². The highest BCUT2D eigenvalue weighted by Gasteiger charge is 2.29. The number of amides is 1. The lowest BCUT2D eigenvalue weighted by molar-refractivity contribution is -0.109. The van der Waals surface area contributed by atoms with Crippen LogP contribution in [-0.2, 0) is 23.2 Å². The number of hydroxylamine groups is 2. The van der Waals surface area contributed by atoms with Gasteiger partial charge in [0.05, 0.1) is 12.7 Å². The molecule has 0 rings (SSSR count). The predicted octanol–water partition coefficient (Wildman–Crippen LogP) is 2.18. The van der Waals surface area contributed by atoms with Crippen molar-refractivity contribution in [1.82, 2.24) is 5.06 Å². The summed E-state index contributed by atoms with van der Waals surface area (Å²) in [5, 5.41) is 0.483. The maximum Gasteiger partial charge on any atom is 0.494 e. The van der Waals surface area contributed by atoms with Crippen molar-refractivity contribution in [1.29, 1.82) is 0 Å². The number of phosphoric ester groups is 1. The van der Waals surface area contributed by atoms with Crippen LogP contribution < -0.4 is 0 Å². The van der Waals surface area contributed by atoms with Gasteiger partial charge in [-0.2, -0.15) is 9.69 Å². The number of carbonyl (C=O) groups excluding carboxylic acids is 2. The van der Waals surface area contributed by atoms with Crippen LogP contribution >= 0.6 is 19.6 Å². The van der Waals surface area contributed by atoms with Crippen LogP contribution in [0.15, 0.2) is 0 Å². The summed E-state index contributed by atoms with van der Waals surface area (Å²) >= 11 is 0.954. The molecule has 0 aliphatic heterocycles. The first kappa shape index (κ1) is 19.4. The van der Waals surface area contributed by atoms with E-state index < -0.39 is 13.9 Å². The van der Waals surface area contributed by atoms with E-state index in [1.807, 2.05) is 0 Å². The van der Waals surface area contributed by atoms with Crippen LogP contribution in [0.2, 0.25) is 0 Å². The maximum absolute atomic E-state index is 11.6. The Hall–Kier alpha value is -0.600. The van der Waals surface area contributed by atoms with Gasteiger partial charge in [-0.15, -0.1) is 0 Å². The smallest absolute Gasteiger partial charge is 0.445 e. The fourth-order valence-corrected chi connectivity index (χ4v) is 2.34. The van der Waals surface area contributed by atoms with Crippen LogP contribution in [0.3, 0.4) is 0 Å². The van der Waals surface area contributed by atoms with E-state index in [0.717, 1.165) is 11.8 Å². The fraction of sp³-hybridized carbons (Fsp3) is 0.800. The largest absolute Gasteiger partial charge is 0.494 e. The summed E-state index contributed by atoms with van der Waals surface area (Å²) in [5.74, 6) is 0.214. The van der Waals surface area contributed by atoms with Gasteiger partial charge in [-0.25, -0.2) is 9.36 Å². The van der Waals surface area contributed by atoms with E-state index in [9.17, 15) is 19.0 Å². The molecule has 0 spiro atoms. The van der Waals surface area contributed by atoms with Crippen molar-refractivity contribution in [3.63, 3.8) is 0 Å². The molecule has 0 aliphatic rings. The number of ether oxygens (including phenoxy) is 1. The topological polar surface area (TPSA) is 102 Å². The molecule has 10 heteroatoms. The van der Waals surface area contributed by atoms with Crippen LogP contribution in [0.1, 0.15) is 27.7 Å². The van der Waals surface area contributed by atoms with Gasteiger partial charge in [0.2, 0.25) is 0 Å². The van der Waals surface area contributed by atoms with Crippen molar-refractivity contribution in [3.8, 4) is 0 Å². The molecule has 1 N–H and O–H groups in total. The minimum atomic E-state index is -4.42. The third-order valence-corrected chi connectivity index (χ3v) is 3.36. The van der Waals surface area contributed by atoms with E-state index in [1.165, 1.54) is 6.92 Å². The Balaban J connectivity index is 4.29. The number of carbonyl (C=O) groups is 2. The zero-order valence-electron chi connectivity index (χ0n) is 11.9. The van der Waals surface area contributed by atoms with Crippen molar-refractivity contribution in [2.24, 2.45) is 0 Å². The van der Waals surface area contributed by atoms with Crippen LogP contribution in [0.5, 0.6) is 0 Å². The minimum absolute atomic E-state index is 0.0155. The normalized spacial score (nSPS) is 13.9. The molecular formula is C10H20NO7PS. The van der Waals surface area contributed by atoms with Gasteiger partial charge in [0.15, 0.2) is 5.12 Å². The second-order valence-corrected chi connectivity index (χ2v) is 6.48. The molecule has 0 fully saturated rings. The molecule has 0 saturated carbocycles. The summed E-state index contributed by atoms with van der Waals surface area (Å²) in [5.41, 5.74) is 0. The molecule has 118 valence electrons. The highest BCUT2D eigenvalue weighted by atomic mass is 32.2. The van der Waals surface area contributed by atoms with Crippen LogP contribution in [-0.4, -0.2) is 46.2 Å². The van der Waals surface area contributed by atoms with Gasteiger partial charge in [-0.1, -0.05) is 11.8 Å². The SMILES string of the molecule is CCN(OP(=O)(O)OCCSC(C)=O)C(=O)OC(C)C. The van der Waals surface area contributed by atoms with Gasteiger partial charge in [0, 0.05) is 19.2 Å². The fourth-order valence-electron chi connectivity index (χ4n) is 0.967. The summed E-state index contributed by atoms with van der Waals surface area (Å²) in [6.45, 7) is 6.06. The van der Waals surface area contributed by atoms with Crippen LogP contribution in [0.4, 0.5) is 4.79 Å². The Morgan fingerprint density at radius 2 is 2.00 bits per heavy atom. The lowest BCUT2D eigenvalue weighted by Gasteiger charge is -2.22. The molecule has 1 atom stereocenters. The zero-order chi connectivity index (χ0) is 15.8. The van der Waals surface area contributed by atoms with E-state index in [2.05, 4.69) is 9.15 Å². The second kappa shape index (κ2) is 9.36. The van der Waals surface area contributed by atoms with Gasteiger partial charge >= 0.3 is 13.9 Å². The Kier molecular flexibility index (Phi) is 9.08. The van der Waals surface area contributed by atoms with Crippen LogP contribution in [0.25, 0.3) is 0 Å². The van der Waals surface area contributed by atoms with Crippen molar-refractivity contribution in [3.05, 3.63) is 0 Å². The highest BCUT2D eigenvalue weighted by molar-refractivity contribution is 8.13. The predicted molar refractivity (Wildman–Crippen MR) is 74.0 cm³/mol. The van der Waals surface area contributed by atoms with E-state index >= 15 is 0 Å². The van der Waals surface area contributed by atoms with E-state index in [1.54, 1.807) is 20.8 Å². The summed E-state index contributed by atoms with van der Waals surface area (Å²) in [6.07, 6.45) is -1.26.